The lowest BCUT2D eigenvalue weighted by Gasteiger charge is -2.32. The lowest BCUT2D eigenvalue weighted by Crippen LogP contribution is -2.41. The second-order valence-corrected chi connectivity index (χ2v) is 9.21. The number of carbonyl (C=O) groups excluding carboxylic acids is 1. The molecule has 1 amide bonds. The zero-order valence-electron chi connectivity index (χ0n) is 21.1. The van der Waals surface area contributed by atoms with Crippen molar-refractivity contribution in [3.63, 3.8) is 0 Å². The van der Waals surface area contributed by atoms with Crippen molar-refractivity contribution in [3.05, 3.63) is 83.7 Å². The van der Waals surface area contributed by atoms with Gasteiger partial charge in [0.1, 0.15) is 5.82 Å². The maximum absolute atomic E-state index is 14.5. The first-order valence-corrected chi connectivity index (χ1v) is 12.5. The van der Waals surface area contributed by atoms with Gasteiger partial charge in [-0.25, -0.2) is 9.37 Å². The van der Waals surface area contributed by atoms with Crippen molar-refractivity contribution in [1.82, 2.24) is 14.9 Å². The largest absolute Gasteiger partial charge is 0.493 e. The van der Waals surface area contributed by atoms with E-state index in [1.165, 1.54) is 6.07 Å². The van der Waals surface area contributed by atoms with Crippen LogP contribution < -0.4 is 19.7 Å². The maximum atomic E-state index is 14.5. The predicted octanol–water partition coefficient (Wildman–Crippen LogP) is 4.77. The Morgan fingerprint density at radius 1 is 0.973 bits per heavy atom. The summed E-state index contributed by atoms with van der Waals surface area (Å²) in [6, 6.07) is 20.4. The van der Waals surface area contributed by atoms with Crippen molar-refractivity contribution < 1.29 is 18.7 Å². The monoisotopic (exact) mass is 502 g/mol. The van der Waals surface area contributed by atoms with Gasteiger partial charge in [0.2, 0.25) is 11.9 Å². The van der Waals surface area contributed by atoms with Crippen molar-refractivity contribution in [1.29, 1.82) is 0 Å². The zero-order valence-corrected chi connectivity index (χ0v) is 21.1. The van der Waals surface area contributed by atoms with Crippen molar-refractivity contribution in [2.75, 3.05) is 32.2 Å². The van der Waals surface area contributed by atoms with Gasteiger partial charge in [-0.15, -0.1) is 0 Å². The minimum absolute atomic E-state index is 0.0318. The number of halogens is 1. The molecule has 0 atom stereocenters. The van der Waals surface area contributed by atoms with E-state index in [1.54, 1.807) is 20.3 Å². The van der Waals surface area contributed by atoms with Gasteiger partial charge in [0.25, 0.3) is 0 Å². The third-order valence-electron chi connectivity index (χ3n) is 7.01. The summed E-state index contributed by atoms with van der Waals surface area (Å²) in [7, 11) is 3.19. The molecule has 1 N–H and O–H groups in total. The highest BCUT2D eigenvalue weighted by Gasteiger charge is 2.28. The summed E-state index contributed by atoms with van der Waals surface area (Å²) in [6.07, 6.45) is 1.42. The number of hydrogen-bond donors (Lipinski definition) is 1. The Kier molecular flexibility index (Phi) is 7.25. The summed E-state index contributed by atoms with van der Waals surface area (Å²) >= 11 is 0. The highest BCUT2D eigenvalue weighted by molar-refractivity contribution is 5.80. The fraction of sp³-hybridized carbons (Fsp3) is 0.310. The van der Waals surface area contributed by atoms with Crippen LogP contribution in [0.15, 0.2) is 66.7 Å². The van der Waals surface area contributed by atoms with Crippen molar-refractivity contribution in [3.8, 4) is 11.5 Å². The number of para-hydroxylation sites is 3. The molecule has 1 aliphatic heterocycles. The Bertz CT molecular complexity index is 1400. The number of aromatic nitrogens is 2. The van der Waals surface area contributed by atoms with Crippen LogP contribution in [-0.4, -0.2) is 42.8 Å². The van der Waals surface area contributed by atoms with Gasteiger partial charge in [0.15, 0.2) is 11.5 Å². The number of hydrogen-bond acceptors (Lipinski definition) is 5. The van der Waals surface area contributed by atoms with Gasteiger partial charge in [-0.1, -0.05) is 42.5 Å². The molecule has 192 valence electrons. The number of nitrogens with one attached hydrogen (secondary N) is 1. The molecule has 3 aromatic carbocycles. The van der Waals surface area contributed by atoms with E-state index in [4.69, 9.17) is 14.5 Å². The normalized spacial score (nSPS) is 14.1. The number of nitrogens with zero attached hydrogens (tertiary/aromatic N) is 3. The van der Waals surface area contributed by atoms with Crippen LogP contribution in [0.1, 0.15) is 24.0 Å². The van der Waals surface area contributed by atoms with Gasteiger partial charge in [-0.05, 0) is 37.1 Å². The smallest absolute Gasteiger partial charge is 0.223 e. The Labute approximate surface area is 215 Å². The standard InChI is InChI=1S/C29H31FN4O3/c1-36-26-13-7-9-21(27(26)37-2)18-31-28(35)20-14-16-33(17-15-20)29-32-24-11-5-6-12-25(24)34(29)19-22-8-3-4-10-23(22)30/h3-13,20H,14-19H2,1-2H3,(H,31,35). The minimum atomic E-state index is -0.228. The summed E-state index contributed by atoms with van der Waals surface area (Å²) in [4.78, 5) is 20.1. The summed E-state index contributed by atoms with van der Waals surface area (Å²) in [5, 5.41) is 3.07. The van der Waals surface area contributed by atoms with E-state index in [9.17, 15) is 9.18 Å². The van der Waals surface area contributed by atoms with Crippen LogP contribution >= 0.6 is 0 Å². The van der Waals surface area contributed by atoms with Crippen molar-refractivity contribution in [2.45, 2.75) is 25.9 Å². The van der Waals surface area contributed by atoms with Gasteiger partial charge < -0.3 is 24.3 Å². The van der Waals surface area contributed by atoms with E-state index < -0.39 is 0 Å². The first-order valence-electron chi connectivity index (χ1n) is 12.5. The van der Waals surface area contributed by atoms with Gasteiger partial charge in [-0.2, -0.15) is 0 Å². The number of fused-ring (bicyclic) bond motifs is 1. The summed E-state index contributed by atoms with van der Waals surface area (Å²) in [5.41, 5.74) is 3.33. The molecule has 1 aromatic heterocycles. The molecule has 0 radical (unpaired) electrons. The quantitative estimate of drug-likeness (QED) is 0.376. The van der Waals surface area contributed by atoms with Crippen LogP contribution in [0.4, 0.5) is 10.3 Å². The van der Waals surface area contributed by atoms with Crippen LogP contribution in [0, 0.1) is 11.7 Å². The number of ether oxygens (including phenoxy) is 2. The summed E-state index contributed by atoms with van der Waals surface area (Å²) in [6.45, 7) is 2.16. The molecule has 1 fully saturated rings. The van der Waals surface area contributed by atoms with Gasteiger partial charge in [-0.3, -0.25) is 4.79 Å². The highest BCUT2D eigenvalue weighted by Crippen LogP contribution is 2.31. The van der Waals surface area contributed by atoms with Crippen LogP contribution in [-0.2, 0) is 17.9 Å². The van der Waals surface area contributed by atoms with Crippen LogP contribution in [0.2, 0.25) is 0 Å². The minimum Gasteiger partial charge on any atom is -0.493 e. The molecule has 7 nitrogen and oxygen atoms in total. The second-order valence-electron chi connectivity index (χ2n) is 9.21. The molecule has 0 bridgehead atoms. The third-order valence-corrected chi connectivity index (χ3v) is 7.01. The Hall–Kier alpha value is -4.07. The SMILES string of the molecule is COc1cccc(CNC(=O)C2CCN(c3nc4ccccc4n3Cc3ccccc3F)CC2)c1OC. The first-order chi connectivity index (χ1) is 18.1. The number of imidazole rings is 1. The van der Waals surface area contributed by atoms with Gasteiger partial charge >= 0.3 is 0 Å². The molecule has 4 aromatic rings. The molecule has 2 heterocycles. The van der Waals surface area contributed by atoms with E-state index in [2.05, 4.69) is 14.8 Å². The molecule has 0 unspecified atom stereocenters. The molecule has 1 aliphatic rings. The van der Waals surface area contributed by atoms with Gasteiger partial charge in [0, 0.05) is 36.7 Å². The van der Waals surface area contributed by atoms with Crippen LogP contribution in [0.3, 0.4) is 0 Å². The number of benzene rings is 3. The molecule has 1 saturated heterocycles. The molecule has 0 saturated carbocycles. The van der Waals surface area contributed by atoms with E-state index in [0.717, 1.165) is 22.5 Å². The first kappa shape index (κ1) is 24.6. The average Bonchev–Trinajstić information content (AvgIpc) is 3.31. The Balaban J connectivity index is 1.27. The lowest BCUT2D eigenvalue weighted by atomic mass is 9.96. The summed E-state index contributed by atoms with van der Waals surface area (Å²) < 4.78 is 27.4. The molecular formula is C29H31FN4O3. The Morgan fingerprint density at radius 2 is 1.70 bits per heavy atom. The maximum Gasteiger partial charge on any atom is 0.223 e. The zero-order chi connectivity index (χ0) is 25.8. The molecule has 5 rings (SSSR count). The van der Waals surface area contributed by atoms with E-state index in [1.807, 2.05) is 54.6 Å². The third kappa shape index (κ3) is 5.09. The lowest BCUT2D eigenvalue weighted by molar-refractivity contribution is -0.125. The van der Waals surface area contributed by atoms with Crippen LogP contribution in [0.5, 0.6) is 11.5 Å². The van der Waals surface area contributed by atoms with Gasteiger partial charge in [0.05, 0.1) is 31.8 Å². The molecule has 0 aliphatic carbocycles. The van der Waals surface area contributed by atoms with E-state index >= 15 is 0 Å². The number of piperidine rings is 1. The topological polar surface area (TPSA) is 68.6 Å². The average molecular weight is 503 g/mol. The van der Waals surface area contributed by atoms with Crippen molar-refractivity contribution in [2.24, 2.45) is 5.92 Å². The fourth-order valence-corrected chi connectivity index (χ4v) is 5.02. The highest BCUT2D eigenvalue weighted by atomic mass is 19.1. The fourth-order valence-electron chi connectivity index (χ4n) is 5.02. The number of carbonyl (C=O) groups is 1. The van der Waals surface area contributed by atoms with E-state index in [-0.39, 0.29) is 17.6 Å². The Morgan fingerprint density at radius 3 is 2.46 bits per heavy atom. The number of methoxy groups -OCH3 is 2. The van der Waals surface area contributed by atoms with E-state index in [0.29, 0.717) is 56.1 Å². The predicted molar refractivity (Wildman–Crippen MR) is 142 cm³/mol. The molecular weight excluding hydrogens is 471 g/mol. The molecule has 0 spiro atoms. The summed E-state index contributed by atoms with van der Waals surface area (Å²) in [5.74, 6) is 1.80. The second kappa shape index (κ2) is 10.9. The van der Waals surface area contributed by atoms with Crippen LogP contribution in [0.25, 0.3) is 11.0 Å². The number of rotatable bonds is 8. The number of amides is 1. The molecule has 8 heteroatoms. The molecule has 37 heavy (non-hydrogen) atoms. The number of anilines is 1. The van der Waals surface area contributed by atoms with Crippen molar-refractivity contribution >= 4 is 22.9 Å².